The van der Waals surface area contributed by atoms with Gasteiger partial charge in [-0.25, -0.2) is 0 Å². The third-order valence-corrected chi connectivity index (χ3v) is 3.71. The van der Waals surface area contributed by atoms with Crippen molar-refractivity contribution in [2.24, 2.45) is 5.92 Å². The van der Waals surface area contributed by atoms with Crippen LogP contribution in [0.25, 0.3) is 0 Å². The third kappa shape index (κ3) is 3.03. The first-order valence-electron chi connectivity index (χ1n) is 6.80. The Labute approximate surface area is 108 Å². The zero-order valence-electron chi connectivity index (χ0n) is 11.0. The van der Waals surface area contributed by atoms with Gasteiger partial charge in [-0.1, -0.05) is 32.1 Å². The number of carbonyl (C=O) groups is 1. The molecule has 1 heterocycles. The second-order valence-electron chi connectivity index (χ2n) is 5.14. The minimum absolute atomic E-state index is 0.0649. The molecule has 0 bridgehead atoms. The van der Waals surface area contributed by atoms with E-state index in [9.17, 15) is 4.79 Å². The highest BCUT2D eigenvalue weighted by Crippen LogP contribution is 2.25. The van der Waals surface area contributed by atoms with Crippen molar-refractivity contribution in [3.8, 4) is 0 Å². The van der Waals surface area contributed by atoms with Crippen LogP contribution < -0.4 is 11.1 Å². The molecule has 5 nitrogen and oxygen atoms in total. The molecular weight excluding hydrogens is 228 g/mol. The van der Waals surface area contributed by atoms with E-state index in [1.807, 2.05) is 6.92 Å². The highest BCUT2D eigenvalue weighted by Gasteiger charge is 2.21. The quantitative estimate of drug-likeness (QED) is 0.754. The number of rotatable bonds is 2. The summed E-state index contributed by atoms with van der Waals surface area (Å²) in [6.45, 7) is 1.84. The molecule has 1 aromatic rings. The number of aryl methyl sites for hydroxylation is 1. The number of amides is 1. The molecule has 2 rings (SSSR count). The van der Waals surface area contributed by atoms with Crippen LogP contribution in [0.3, 0.4) is 0 Å². The van der Waals surface area contributed by atoms with Crippen molar-refractivity contribution in [1.82, 2.24) is 10.2 Å². The Bertz CT molecular complexity index is 405. The highest BCUT2D eigenvalue weighted by atomic mass is 16.2. The predicted molar refractivity (Wildman–Crippen MR) is 72.2 cm³/mol. The van der Waals surface area contributed by atoms with Crippen LogP contribution in [0.15, 0.2) is 0 Å². The maximum Gasteiger partial charge on any atom is 0.228 e. The standard InChI is InChI=1S/C13H22N4O/c1-9-11(14)12(17-16-9)15-13(18)10-7-5-3-2-4-6-8-10/h10H,2-8,14H2,1H3,(H2,15,16,17,18). The maximum atomic E-state index is 12.2. The fourth-order valence-corrected chi connectivity index (χ4v) is 2.47. The number of hydrogen-bond acceptors (Lipinski definition) is 3. The van der Waals surface area contributed by atoms with Gasteiger partial charge in [0.2, 0.25) is 5.91 Å². The molecule has 5 heteroatoms. The fourth-order valence-electron chi connectivity index (χ4n) is 2.47. The molecule has 0 spiro atoms. The molecule has 0 aromatic carbocycles. The van der Waals surface area contributed by atoms with E-state index in [1.165, 1.54) is 19.3 Å². The SMILES string of the molecule is Cc1[nH]nc(NC(=O)C2CCCCCCC2)c1N. The molecule has 1 aliphatic rings. The third-order valence-electron chi connectivity index (χ3n) is 3.71. The minimum Gasteiger partial charge on any atom is -0.394 e. The van der Waals surface area contributed by atoms with Crippen molar-refractivity contribution in [1.29, 1.82) is 0 Å². The second kappa shape index (κ2) is 5.89. The summed E-state index contributed by atoms with van der Waals surface area (Å²) >= 11 is 0. The summed E-state index contributed by atoms with van der Waals surface area (Å²) in [5.74, 6) is 0.649. The number of H-pyrrole nitrogens is 1. The van der Waals surface area contributed by atoms with Crippen molar-refractivity contribution < 1.29 is 4.79 Å². The largest absolute Gasteiger partial charge is 0.394 e. The summed E-state index contributed by atoms with van der Waals surface area (Å²) < 4.78 is 0. The van der Waals surface area contributed by atoms with Crippen LogP contribution in [0.5, 0.6) is 0 Å². The lowest BCUT2D eigenvalue weighted by Crippen LogP contribution is -2.24. The summed E-state index contributed by atoms with van der Waals surface area (Å²) in [6, 6.07) is 0. The van der Waals surface area contributed by atoms with Crippen LogP contribution in [0.1, 0.15) is 50.6 Å². The predicted octanol–water partition coefficient (Wildman–Crippen LogP) is 2.60. The van der Waals surface area contributed by atoms with Gasteiger partial charge in [0.25, 0.3) is 0 Å². The monoisotopic (exact) mass is 250 g/mol. The number of nitrogens with zero attached hydrogens (tertiary/aromatic N) is 1. The Morgan fingerprint density at radius 3 is 2.44 bits per heavy atom. The molecular formula is C13H22N4O. The molecule has 0 saturated heterocycles. The summed E-state index contributed by atoms with van der Waals surface area (Å²) in [6.07, 6.45) is 8.05. The molecule has 0 atom stereocenters. The molecule has 0 aliphatic heterocycles. The van der Waals surface area contributed by atoms with Crippen LogP contribution in [0.2, 0.25) is 0 Å². The van der Waals surface area contributed by atoms with Crippen molar-refractivity contribution in [3.63, 3.8) is 0 Å². The van der Waals surface area contributed by atoms with Crippen LogP contribution in [0.4, 0.5) is 11.5 Å². The van der Waals surface area contributed by atoms with Crippen LogP contribution in [-0.2, 0) is 4.79 Å². The summed E-state index contributed by atoms with van der Waals surface area (Å²) in [7, 11) is 0. The van der Waals surface area contributed by atoms with Crippen LogP contribution in [-0.4, -0.2) is 16.1 Å². The van der Waals surface area contributed by atoms with E-state index in [0.717, 1.165) is 31.4 Å². The summed E-state index contributed by atoms with van der Waals surface area (Å²) in [5, 5.41) is 9.63. The first-order valence-corrected chi connectivity index (χ1v) is 6.80. The lowest BCUT2D eigenvalue weighted by atomic mass is 9.90. The molecule has 1 aliphatic carbocycles. The number of nitrogens with one attached hydrogen (secondary N) is 2. The van der Waals surface area contributed by atoms with Crippen molar-refractivity contribution in [3.05, 3.63) is 5.69 Å². The smallest absolute Gasteiger partial charge is 0.228 e. The van der Waals surface area contributed by atoms with E-state index in [2.05, 4.69) is 15.5 Å². The Hall–Kier alpha value is -1.52. The van der Waals surface area contributed by atoms with E-state index in [0.29, 0.717) is 11.5 Å². The number of anilines is 2. The van der Waals surface area contributed by atoms with E-state index in [4.69, 9.17) is 5.73 Å². The molecule has 4 N–H and O–H groups in total. The topological polar surface area (TPSA) is 83.8 Å². The number of aromatic nitrogens is 2. The van der Waals surface area contributed by atoms with Crippen molar-refractivity contribution in [2.75, 3.05) is 11.1 Å². The zero-order valence-corrected chi connectivity index (χ0v) is 11.0. The van der Waals surface area contributed by atoms with Gasteiger partial charge in [-0.3, -0.25) is 9.89 Å². The lowest BCUT2D eigenvalue weighted by molar-refractivity contribution is -0.120. The fraction of sp³-hybridized carbons (Fsp3) is 0.692. The van der Waals surface area contributed by atoms with Gasteiger partial charge in [0.1, 0.15) is 0 Å². The highest BCUT2D eigenvalue weighted by molar-refractivity contribution is 5.94. The van der Waals surface area contributed by atoms with Gasteiger partial charge >= 0.3 is 0 Å². The van der Waals surface area contributed by atoms with Crippen LogP contribution >= 0.6 is 0 Å². The molecule has 1 saturated carbocycles. The first-order chi connectivity index (χ1) is 8.68. The van der Waals surface area contributed by atoms with Gasteiger partial charge in [-0.05, 0) is 19.8 Å². The number of nitrogens with two attached hydrogens (primary N) is 1. The molecule has 1 amide bonds. The minimum atomic E-state index is 0.0649. The Kier molecular flexibility index (Phi) is 4.23. The van der Waals surface area contributed by atoms with E-state index >= 15 is 0 Å². The Morgan fingerprint density at radius 2 is 1.89 bits per heavy atom. The zero-order chi connectivity index (χ0) is 13.0. The van der Waals surface area contributed by atoms with E-state index in [-0.39, 0.29) is 11.8 Å². The van der Waals surface area contributed by atoms with Crippen LogP contribution in [0, 0.1) is 12.8 Å². The maximum absolute atomic E-state index is 12.2. The summed E-state index contributed by atoms with van der Waals surface area (Å²) in [4.78, 5) is 12.2. The van der Waals surface area contributed by atoms with E-state index in [1.54, 1.807) is 0 Å². The van der Waals surface area contributed by atoms with Gasteiger partial charge in [0.05, 0.1) is 11.4 Å². The average molecular weight is 250 g/mol. The average Bonchev–Trinajstić information content (AvgIpc) is 2.60. The van der Waals surface area contributed by atoms with Gasteiger partial charge in [0, 0.05) is 5.92 Å². The molecule has 100 valence electrons. The molecule has 1 aromatic heterocycles. The van der Waals surface area contributed by atoms with Crippen molar-refractivity contribution in [2.45, 2.75) is 51.9 Å². The molecule has 0 unspecified atom stereocenters. The number of nitrogen functional groups attached to an aromatic ring is 1. The van der Waals surface area contributed by atoms with E-state index < -0.39 is 0 Å². The molecule has 18 heavy (non-hydrogen) atoms. The van der Waals surface area contributed by atoms with Gasteiger partial charge in [-0.2, -0.15) is 5.10 Å². The van der Waals surface area contributed by atoms with Gasteiger partial charge in [-0.15, -0.1) is 0 Å². The number of aromatic amines is 1. The normalized spacial score (nSPS) is 18.1. The second-order valence-corrected chi connectivity index (χ2v) is 5.14. The molecule has 0 radical (unpaired) electrons. The molecule has 1 fully saturated rings. The number of hydrogen-bond donors (Lipinski definition) is 3. The van der Waals surface area contributed by atoms with Gasteiger partial charge < -0.3 is 11.1 Å². The van der Waals surface area contributed by atoms with Gasteiger partial charge in [0.15, 0.2) is 5.82 Å². The first kappa shape index (κ1) is 12.9. The number of carbonyl (C=O) groups excluding carboxylic acids is 1. The van der Waals surface area contributed by atoms with Crippen molar-refractivity contribution >= 4 is 17.4 Å². The Morgan fingerprint density at radius 1 is 1.28 bits per heavy atom. The Balaban J connectivity index is 1.95. The lowest BCUT2D eigenvalue weighted by Gasteiger charge is -2.18. The summed E-state index contributed by atoms with van der Waals surface area (Å²) in [5.41, 5.74) is 7.16.